The van der Waals surface area contributed by atoms with Crippen molar-refractivity contribution in [2.45, 2.75) is 182 Å². The molecule has 246 valence electrons. The van der Waals surface area contributed by atoms with Gasteiger partial charge in [0.2, 0.25) is 0 Å². The van der Waals surface area contributed by atoms with Gasteiger partial charge in [-0.2, -0.15) is 0 Å². The molecule has 0 atom stereocenters. The van der Waals surface area contributed by atoms with Crippen LogP contribution >= 0.6 is 24.4 Å². The first-order valence-corrected chi connectivity index (χ1v) is 19.0. The van der Waals surface area contributed by atoms with E-state index in [1.54, 1.807) is 0 Å². The molecule has 0 aliphatic rings. The van der Waals surface area contributed by atoms with Crippen LogP contribution in [-0.4, -0.2) is 44.6 Å². The maximum atomic E-state index is 5.20. The van der Waals surface area contributed by atoms with Crippen LogP contribution in [0.5, 0.6) is 0 Å². The summed E-state index contributed by atoms with van der Waals surface area (Å²) in [6, 6.07) is 0. The molecule has 0 aliphatic heterocycles. The maximum Gasteiger partial charge on any atom is 2.00 e. The molecule has 0 saturated carbocycles. The molecule has 7 heteroatoms. The molecule has 0 bridgehead atoms. The van der Waals surface area contributed by atoms with Crippen molar-refractivity contribution >= 4 is 58.3 Å². The third-order valence-corrected chi connectivity index (χ3v) is 8.68. The molecule has 0 aromatic carbocycles. The van der Waals surface area contributed by atoms with Crippen molar-refractivity contribution in [3.8, 4) is 0 Å². The summed E-state index contributed by atoms with van der Waals surface area (Å²) in [6.45, 7) is 13.3. The molecule has 0 aromatic heterocycles. The molecular formula is C34H68FeN2S4. The molecule has 0 heterocycles. The Labute approximate surface area is 291 Å². The van der Waals surface area contributed by atoms with Gasteiger partial charge in [0, 0.05) is 26.2 Å². The summed E-state index contributed by atoms with van der Waals surface area (Å²) in [7, 11) is 0. The van der Waals surface area contributed by atoms with Gasteiger partial charge in [0.15, 0.2) is 0 Å². The van der Waals surface area contributed by atoms with Gasteiger partial charge >= 0.3 is 17.1 Å². The number of nitrogens with zero attached hydrogens (tertiary/aromatic N) is 2. The first-order valence-electron chi connectivity index (χ1n) is 17.4. The van der Waals surface area contributed by atoms with E-state index in [2.05, 4.69) is 37.5 Å². The van der Waals surface area contributed by atoms with Crippen LogP contribution in [0, 0.1) is 0 Å². The monoisotopic (exact) mass is 688 g/mol. The zero-order valence-corrected chi connectivity index (χ0v) is 32.1. The standard InChI is InChI=1S/2C17H35NS2.Fe/c2*1-3-5-7-9-11-13-15-18(17(19)20)16-14-12-10-8-6-4-2;/h2*3-16H2,1-2H3,(H,19,20);/q;;+2/p-2. The minimum atomic E-state index is 0. The van der Waals surface area contributed by atoms with Crippen molar-refractivity contribution in [2.75, 3.05) is 26.2 Å². The van der Waals surface area contributed by atoms with Gasteiger partial charge in [0.25, 0.3) is 0 Å². The molecule has 0 amide bonds. The van der Waals surface area contributed by atoms with Gasteiger partial charge in [-0.25, -0.2) is 0 Å². The maximum absolute atomic E-state index is 5.20. The van der Waals surface area contributed by atoms with Gasteiger partial charge in [-0.3, -0.25) is 0 Å². The fraction of sp³-hybridized carbons (Fsp3) is 0.941. The molecule has 0 spiro atoms. The molecule has 0 unspecified atom stereocenters. The van der Waals surface area contributed by atoms with Crippen LogP contribution in [0.15, 0.2) is 0 Å². The Hall–Kier alpha value is 0.739. The van der Waals surface area contributed by atoms with E-state index >= 15 is 0 Å². The van der Waals surface area contributed by atoms with E-state index in [1.165, 1.54) is 154 Å². The van der Waals surface area contributed by atoms with Crippen molar-refractivity contribution in [3.63, 3.8) is 0 Å². The molecule has 41 heavy (non-hydrogen) atoms. The van der Waals surface area contributed by atoms with Gasteiger partial charge in [0.05, 0.1) is 0 Å². The van der Waals surface area contributed by atoms with Crippen LogP contribution in [0.25, 0.3) is 0 Å². The van der Waals surface area contributed by atoms with Crippen LogP contribution in [0.2, 0.25) is 0 Å². The van der Waals surface area contributed by atoms with E-state index in [-0.39, 0.29) is 17.1 Å². The van der Waals surface area contributed by atoms with Crippen molar-refractivity contribution in [1.29, 1.82) is 0 Å². The summed E-state index contributed by atoms with van der Waals surface area (Å²) >= 11 is 20.8. The largest absolute Gasteiger partial charge is 2.00 e. The summed E-state index contributed by atoms with van der Waals surface area (Å²) in [5, 5.41) is 0. The Morgan fingerprint density at radius 2 is 0.537 bits per heavy atom. The Kier molecular flexibility index (Phi) is 43.6. The second-order valence-electron chi connectivity index (χ2n) is 11.6. The Morgan fingerprint density at radius 3 is 0.707 bits per heavy atom. The fourth-order valence-corrected chi connectivity index (χ4v) is 5.65. The summed E-state index contributed by atoms with van der Waals surface area (Å²) in [5.41, 5.74) is 0. The molecule has 2 nitrogen and oxygen atoms in total. The van der Waals surface area contributed by atoms with Crippen molar-refractivity contribution < 1.29 is 17.1 Å². The fourth-order valence-electron chi connectivity index (χ4n) is 4.92. The first-order chi connectivity index (χ1) is 19.4. The number of thiocarbonyl (C=S) groups is 2. The third kappa shape index (κ3) is 36.8. The molecular weight excluding hydrogens is 621 g/mol. The van der Waals surface area contributed by atoms with E-state index in [0.717, 1.165) is 26.2 Å². The topological polar surface area (TPSA) is 6.48 Å². The Balaban J connectivity index is -0.000000688. The van der Waals surface area contributed by atoms with Gasteiger partial charge in [-0.1, -0.05) is 165 Å². The molecule has 0 aliphatic carbocycles. The summed E-state index contributed by atoms with van der Waals surface area (Å²) in [4.78, 5) is 4.48. The molecule has 0 aromatic rings. The SMILES string of the molecule is CCCCCCCCN(CCCCCCCC)C(=S)[S-].CCCCCCCCN(CCCCCCCC)C(=S)[S-].[Fe+2]. The van der Waals surface area contributed by atoms with Gasteiger partial charge in [-0.15, -0.1) is 0 Å². The van der Waals surface area contributed by atoms with Crippen LogP contribution in [0.3, 0.4) is 0 Å². The number of hydrogen-bond acceptors (Lipinski definition) is 4. The Morgan fingerprint density at radius 1 is 0.366 bits per heavy atom. The average Bonchev–Trinajstić information content (AvgIpc) is 2.93. The van der Waals surface area contributed by atoms with Gasteiger partial charge in [-0.05, 0) is 25.7 Å². The summed E-state index contributed by atoms with van der Waals surface area (Å²) in [6.07, 6.45) is 32.0. The summed E-state index contributed by atoms with van der Waals surface area (Å²) < 4.78 is 1.35. The molecule has 0 radical (unpaired) electrons. The second-order valence-corrected chi connectivity index (χ2v) is 13.6. The van der Waals surface area contributed by atoms with Gasteiger partial charge < -0.3 is 59.5 Å². The van der Waals surface area contributed by atoms with E-state index in [9.17, 15) is 0 Å². The number of unbranched alkanes of at least 4 members (excludes halogenated alkanes) is 20. The second kappa shape index (κ2) is 38.8. The molecule has 0 N–H and O–H groups in total. The van der Waals surface area contributed by atoms with E-state index in [4.69, 9.17) is 49.7 Å². The van der Waals surface area contributed by atoms with E-state index < -0.39 is 0 Å². The smallest absolute Gasteiger partial charge is 0.411 e. The first kappa shape index (κ1) is 46.2. The van der Waals surface area contributed by atoms with E-state index in [0.29, 0.717) is 8.64 Å². The minimum absolute atomic E-state index is 0. The van der Waals surface area contributed by atoms with Gasteiger partial charge in [0.1, 0.15) is 0 Å². The van der Waals surface area contributed by atoms with Crippen LogP contribution < -0.4 is 0 Å². The predicted molar refractivity (Wildman–Crippen MR) is 197 cm³/mol. The van der Waals surface area contributed by atoms with Crippen LogP contribution in [0.1, 0.15) is 182 Å². The average molecular weight is 689 g/mol. The molecule has 0 saturated heterocycles. The molecule has 0 fully saturated rings. The zero-order valence-electron chi connectivity index (χ0n) is 27.7. The predicted octanol–water partition coefficient (Wildman–Crippen LogP) is 11.7. The normalized spacial score (nSPS) is 10.4. The molecule has 0 rings (SSSR count). The van der Waals surface area contributed by atoms with Crippen LogP contribution in [0.4, 0.5) is 0 Å². The zero-order chi connectivity index (χ0) is 30.1. The van der Waals surface area contributed by atoms with Crippen molar-refractivity contribution in [1.82, 2.24) is 9.80 Å². The number of hydrogen-bond donors (Lipinski definition) is 0. The van der Waals surface area contributed by atoms with Crippen molar-refractivity contribution in [3.05, 3.63) is 0 Å². The van der Waals surface area contributed by atoms with Crippen LogP contribution in [-0.2, 0) is 42.3 Å². The van der Waals surface area contributed by atoms with E-state index in [1.807, 2.05) is 0 Å². The van der Waals surface area contributed by atoms with Crippen molar-refractivity contribution in [2.24, 2.45) is 0 Å². The number of rotatable bonds is 28. The third-order valence-electron chi connectivity index (χ3n) is 7.64. The minimum Gasteiger partial charge on any atom is -0.411 e. The quantitative estimate of drug-likeness (QED) is 0.0347. The summed E-state index contributed by atoms with van der Waals surface area (Å²) in [5.74, 6) is 0. The Bertz CT molecular complexity index is 459.